The Kier molecular flexibility index (Phi) is 6.93. The van der Waals surface area contributed by atoms with Crippen molar-refractivity contribution >= 4 is 35.0 Å². The summed E-state index contributed by atoms with van der Waals surface area (Å²) in [6.45, 7) is 2.27. The van der Waals surface area contributed by atoms with Gasteiger partial charge in [-0.05, 0) is 62.0 Å². The van der Waals surface area contributed by atoms with Crippen LogP contribution in [0.4, 0.5) is 5.69 Å². The van der Waals surface area contributed by atoms with Gasteiger partial charge in [0.2, 0.25) is 0 Å². The van der Waals surface area contributed by atoms with Gasteiger partial charge in [0.25, 0.3) is 11.6 Å². The molecule has 1 heterocycles. The summed E-state index contributed by atoms with van der Waals surface area (Å²) in [4.78, 5) is 26.7. The molecule has 0 saturated carbocycles. The lowest BCUT2D eigenvalue weighted by Gasteiger charge is -2.28. The first-order chi connectivity index (χ1) is 13.5. The zero-order chi connectivity index (χ0) is 20.1. The maximum atomic E-state index is 12.8. The van der Waals surface area contributed by atoms with Crippen LogP contribution in [0.25, 0.3) is 0 Å². The molecule has 1 fully saturated rings. The van der Waals surface area contributed by atoms with Crippen LogP contribution in [-0.4, -0.2) is 41.6 Å². The van der Waals surface area contributed by atoms with E-state index in [-0.39, 0.29) is 17.3 Å². The first-order valence-corrected chi connectivity index (χ1v) is 10.7. The molecule has 28 heavy (non-hydrogen) atoms. The number of rotatable bonds is 7. The van der Waals surface area contributed by atoms with Crippen molar-refractivity contribution < 1.29 is 9.72 Å². The fraction of sp³-hybridized carbons (Fsp3) is 0.350. The van der Waals surface area contributed by atoms with Gasteiger partial charge in [-0.25, -0.2) is 0 Å². The summed E-state index contributed by atoms with van der Waals surface area (Å²) in [5.41, 5.74) is 0.931. The molecule has 1 amide bonds. The molecule has 148 valence electrons. The van der Waals surface area contributed by atoms with E-state index in [2.05, 4.69) is 10.2 Å². The molecule has 1 unspecified atom stereocenters. The number of benzene rings is 2. The first-order valence-electron chi connectivity index (χ1n) is 9.09. The molecule has 2 aromatic rings. The van der Waals surface area contributed by atoms with Crippen molar-refractivity contribution in [3.63, 3.8) is 0 Å². The highest BCUT2D eigenvalue weighted by molar-refractivity contribution is 7.98. The van der Waals surface area contributed by atoms with Gasteiger partial charge in [0.1, 0.15) is 5.56 Å². The number of nitrogens with zero attached hydrogens (tertiary/aromatic N) is 2. The van der Waals surface area contributed by atoms with Crippen LogP contribution in [0.3, 0.4) is 0 Å². The molecule has 1 aliphatic heterocycles. The number of carbonyl (C=O) groups is 1. The van der Waals surface area contributed by atoms with E-state index in [1.807, 2.05) is 30.5 Å². The third-order valence-electron chi connectivity index (χ3n) is 4.92. The summed E-state index contributed by atoms with van der Waals surface area (Å²) in [6, 6.07) is 12.2. The van der Waals surface area contributed by atoms with Crippen LogP contribution in [0, 0.1) is 10.1 Å². The summed E-state index contributed by atoms with van der Waals surface area (Å²) in [7, 11) is 0. The lowest BCUT2D eigenvalue weighted by atomic mass is 10.0. The molecular formula is C20H22ClN3O3S. The maximum absolute atomic E-state index is 12.8. The second kappa shape index (κ2) is 9.41. The van der Waals surface area contributed by atoms with E-state index in [4.69, 9.17) is 11.6 Å². The molecule has 0 aliphatic carbocycles. The van der Waals surface area contributed by atoms with Crippen molar-refractivity contribution in [2.75, 3.05) is 25.9 Å². The standard InChI is InChI=1S/C20H22ClN3O3S/c1-28-16-7-8-18(24(26)27)17(12-16)20(25)22-13-19(23-9-2-3-10-23)14-5-4-6-15(21)11-14/h4-8,11-12,19H,2-3,9-10,13H2,1H3,(H,22,25). The quantitative estimate of drug-likeness (QED) is 0.405. The Bertz CT molecular complexity index is 872. The van der Waals surface area contributed by atoms with Crippen LogP contribution in [0.1, 0.15) is 34.8 Å². The number of nitro groups is 1. The highest BCUT2D eigenvalue weighted by Crippen LogP contribution is 2.28. The SMILES string of the molecule is CSc1ccc([N+](=O)[O-])c(C(=O)NCC(c2cccc(Cl)c2)N2CCCC2)c1. The lowest BCUT2D eigenvalue weighted by molar-refractivity contribution is -0.385. The average molecular weight is 420 g/mol. The molecule has 3 rings (SSSR count). The zero-order valence-electron chi connectivity index (χ0n) is 15.6. The molecule has 6 nitrogen and oxygen atoms in total. The molecule has 0 bridgehead atoms. The van der Waals surface area contributed by atoms with Crippen molar-refractivity contribution in [3.8, 4) is 0 Å². The smallest absolute Gasteiger partial charge is 0.282 e. The number of nitrogens with one attached hydrogen (secondary N) is 1. The summed E-state index contributed by atoms with van der Waals surface area (Å²) in [5, 5.41) is 14.9. The van der Waals surface area contributed by atoms with Crippen molar-refractivity contribution in [1.82, 2.24) is 10.2 Å². The minimum absolute atomic E-state index is 0.0204. The monoisotopic (exact) mass is 419 g/mol. The number of nitro benzene ring substituents is 1. The summed E-state index contributed by atoms with van der Waals surface area (Å²) in [6.07, 6.45) is 4.10. The molecule has 0 spiro atoms. The first kappa shape index (κ1) is 20.6. The van der Waals surface area contributed by atoms with Crippen LogP contribution < -0.4 is 5.32 Å². The molecule has 1 N–H and O–H groups in total. The van der Waals surface area contributed by atoms with Gasteiger partial charge in [-0.1, -0.05) is 23.7 Å². The van der Waals surface area contributed by atoms with E-state index in [1.54, 1.807) is 12.1 Å². The van der Waals surface area contributed by atoms with Gasteiger partial charge in [0, 0.05) is 22.5 Å². The number of amides is 1. The lowest BCUT2D eigenvalue weighted by Crippen LogP contribution is -2.37. The summed E-state index contributed by atoms with van der Waals surface area (Å²) >= 11 is 7.60. The number of likely N-dealkylation sites (tertiary alicyclic amines) is 1. The van der Waals surface area contributed by atoms with Gasteiger partial charge >= 0.3 is 0 Å². The minimum atomic E-state index is -0.520. The Hall–Kier alpha value is -2.09. The van der Waals surface area contributed by atoms with Crippen LogP contribution >= 0.6 is 23.4 Å². The largest absolute Gasteiger partial charge is 0.350 e. The molecule has 8 heteroatoms. The van der Waals surface area contributed by atoms with Crippen molar-refractivity contribution in [2.45, 2.75) is 23.8 Å². The van der Waals surface area contributed by atoms with Gasteiger partial charge in [-0.15, -0.1) is 11.8 Å². The van der Waals surface area contributed by atoms with Crippen molar-refractivity contribution in [2.24, 2.45) is 0 Å². The summed E-state index contributed by atoms with van der Waals surface area (Å²) in [5.74, 6) is -0.436. The van der Waals surface area contributed by atoms with E-state index < -0.39 is 10.8 Å². The second-order valence-corrected chi connectivity index (χ2v) is 7.98. The fourth-order valence-corrected chi connectivity index (χ4v) is 4.13. The molecule has 0 radical (unpaired) electrons. The zero-order valence-corrected chi connectivity index (χ0v) is 17.1. The third-order valence-corrected chi connectivity index (χ3v) is 5.88. The Morgan fingerprint density at radius 2 is 2.04 bits per heavy atom. The van der Waals surface area contributed by atoms with E-state index in [9.17, 15) is 14.9 Å². The predicted octanol–water partition coefficient (Wildman–Crippen LogP) is 4.54. The molecule has 0 aromatic heterocycles. The predicted molar refractivity (Wildman–Crippen MR) is 112 cm³/mol. The normalized spacial score (nSPS) is 15.4. The highest BCUT2D eigenvalue weighted by atomic mass is 35.5. The fourth-order valence-electron chi connectivity index (χ4n) is 3.49. The van der Waals surface area contributed by atoms with Gasteiger partial charge in [0.15, 0.2) is 0 Å². The molecule has 1 atom stereocenters. The Labute approximate surface area is 173 Å². The van der Waals surface area contributed by atoms with Crippen molar-refractivity contribution in [3.05, 3.63) is 68.7 Å². The minimum Gasteiger partial charge on any atom is -0.350 e. The van der Waals surface area contributed by atoms with Crippen LogP contribution in [0.2, 0.25) is 5.02 Å². The second-order valence-electron chi connectivity index (χ2n) is 6.66. The molecule has 1 aliphatic rings. The van der Waals surface area contributed by atoms with Crippen LogP contribution in [0.15, 0.2) is 47.4 Å². The van der Waals surface area contributed by atoms with Crippen LogP contribution in [0.5, 0.6) is 0 Å². The summed E-state index contributed by atoms with van der Waals surface area (Å²) < 4.78 is 0. The highest BCUT2D eigenvalue weighted by Gasteiger charge is 2.26. The number of hydrogen-bond acceptors (Lipinski definition) is 5. The number of thioether (sulfide) groups is 1. The van der Waals surface area contributed by atoms with Crippen molar-refractivity contribution in [1.29, 1.82) is 0 Å². The molecule has 2 aromatic carbocycles. The van der Waals surface area contributed by atoms with E-state index in [0.717, 1.165) is 36.4 Å². The van der Waals surface area contributed by atoms with Gasteiger partial charge < -0.3 is 5.32 Å². The number of halogens is 1. The van der Waals surface area contributed by atoms with E-state index in [0.29, 0.717) is 11.6 Å². The van der Waals surface area contributed by atoms with Gasteiger partial charge in [-0.2, -0.15) is 0 Å². The Balaban J connectivity index is 1.81. The van der Waals surface area contributed by atoms with Gasteiger partial charge in [-0.3, -0.25) is 19.8 Å². The number of hydrogen-bond donors (Lipinski definition) is 1. The topological polar surface area (TPSA) is 75.5 Å². The third kappa shape index (κ3) is 4.84. The Morgan fingerprint density at radius 1 is 1.29 bits per heavy atom. The van der Waals surface area contributed by atoms with E-state index >= 15 is 0 Å². The maximum Gasteiger partial charge on any atom is 0.282 e. The number of carbonyl (C=O) groups excluding carboxylic acids is 1. The van der Waals surface area contributed by atoms with Crippen LogP contribution in [-0.2, 0) is 0 Å². The van der Waals surface area contributed by atoms with E-state index in [1.165, 1.54) is 17.8 Å². The van der Waals surface area contributed by atoms with Gasteiger partial charge in [0.05, 0.1) is 11.0 Å². The molecular weight excluding hydrogens is 398 g/mol. The molecule has 1 saturated heterocycles. The average Bonchev–Trinajstić information content (AvgIpc) is 3.22. The Morgan fingerprint density at radius 3 is 2.68 bits per heavy atom.